The zero-order valence-electron chi connectivity index (χ0n) is 16.3. The molecule has 1 aromatic heterocycles. The zero-order valence-corrected chi connectivity index (χ0v) is 19.4. The summed E-state index contributed by atoms with van der Waals surface area (Å²) >= 11 is 14.3. The minimum Gasteiger partial charge on any atom is -0.310 e. The Kier molecular flexibility index (Phi) is 8.12. The van der Waals surface area contributed by atoms with Gasteiger partial charge in [-0.2, -0.15) is 0 Å². The molecule has 6 heteroatoms. The maximum atomic E-state index is 6.27. The second-order valence-electron chi connectivity index (χ2n) is 8.09. The molecular weight excluding hydrogens is 431 g/mol. The first-order valence-corrected chi connectivity index (χ1v) is 11.7. The maximum absolute atomic E-state index is 6.27. The van der Waals surface area contributed by atoms with Crippen molar-refractivity contribution in [3.63, 3.8) is 0 Å². The van der Waals surface area contributed by atoms with Crippen LogP contribution >= 0.6 is 46.9 Å². The number of benzene rings is 1. The molecule has 2 aliphatic rings. The van der Waals surface area contributed by atoms with Crippen LogP contribution in [0.4, 0.5) is 0 Å². The Morgan fingerprint density at radius 3 is 2.61 bits per heavy atom. The maximum Gasteiger partial charge on any atom is 0.0595 e. The molecule has 2 unspecified atom stereocenters. The number of rotatable bonds is 5. The van der Waals surface area contributed by atoms with Crippen LogP contribution in [0.3, 0.4) is 0 Å². The standard InChI is InChI=1S/C22H28Cl2N2S.ClH/c1-26-11-7-15(8-12-26)6-10-25-21-5-3-17(22-18(21)9-13-27-22)16-2-4-19(23)20(24)14-16;/h2,4,9,13-15,17,21,25H,3,5-8,10-12H2,1H3;1H. The predicted molar refractivity (Wildman–Crippen MR) is 125 cm³/mol. The number of hydrogen-bond acceptors (Lipinski definition) is 3. The lowest BCUT2D eigenvalue weighted by atomic mass is 9.82. The van der Waals surface area contributed by atoms with Crippen molar-refractivity contribution in [3.8, 4) is 0 Å². The Morgan fingerprint density at radius 2 is 1.86 bits per heavy atom. The fourth-order valence-corrected chi connectivity index (χ4v) is 6.03. The van der Waals surface area contributed by atoms with E-state index in [9.17, 15) is 0 Å². The highest BCUT2D eigenvalue weighted by atomic mass is 35.5. The van der Waals surface area contributed by atoms with Crippen LogP contribution in [0.15, 0.2) is 29.6 Å². The van der Waals surface area contributed by atoms with Gasteiger partial charge in [-0.3, -0.25) is 0 Å². The van der Waals surface area contributed by atoms with E-state index in [-0.39, 0.29) is 12.4 Å². The molecule has 0 radical (unpaired) electrons. The number of fused-ring (bicyclic) bond motifs is 1. The van der Waals surface area contributed by atoms with Crippen LogP contribution in [-0.2, 0) is 0 Å². The van der Waals surface area contributed by atoms with Crippen molar-refractivity contribution >= 4 is 46.9 Å². The van der Waals surface area contributed by atoms with Crippen LogP contribution in [0.2, 0.25) is 10.0 Å². The zero-order chi connectivity index (χ0) is 18.8. The van der Waals surface area contributed by atoms with Gasteiger partial charge in [-0.05, 0) is 99.4 Å². The van der Waals surface area contributed by atoms with Crippen LogP contribution in [0.25, 0.3) is 0 Å². The van der Waals surface area contributed by atoms with Crippen molar-refractivity contribution in [1.82, 2.24) is 10.2 Å². The van der Waals surface area contributed by atoms with Crippen molar-refractivity contribution < 1.29 is 0 Å². The third kappa shape index (κ3) is 5.06. The minimum absolute atomic E-state index is 0. The summed E-state index contributed by atoms with van der Waals surface area (Å²) in [6.07, 6.45) is 6.36. The molecule has 154 valence electrons. The van der Waals surface area contributed by atoms with Crippen molar-refractivity contribution in [2.75, 3.05) is 26.7 Å². The second kappa shape index (κ2) is 10.1. The molecule has 4 rings (SSSR count). The van der Waals surface area contributed by atoms with Gasteiger partial charge in [0.25, 0.3) is 0 Å². The highest BCUT2D eigenvalue weighted by Gasteiger charge is 2.29. The van der Waals surface area contributed by atoms with E-state index < -0.39 is 0 Å². The highest BCUT2D eigenvalue weighted by Crippen LogP contribution is 2.45. The summed E-state index contributed by atoms with van der Waals surface area (Å²) in [5, 5.41) is 7.40. The van der Waals surface area contributed by atoms with Crippen LogP contribution in [-0.4, -0.2) is 31.6 Å². The molecule has 1 saturated heterocycles. The largest absolute Gasteiger partial charge is 0.310 e. The summed E-state index contributed by atoms with van der Waals surface area (Å²) in [4.78, 5) is 3.95. The van der Waals surface area contributed by atoms with Crippen LogP contribution in [0.1, 0.15) is 60.1 Å². The first-order chi connectivity index (χ1) is 13.1. The van der Waals surface area contributed by atoms with Crippen molar-refractivity contribution in [3.05, 3.63) is 55.7 Å². The fourth-order valence-electron chi connectivity index (χ4n) is 4.59. The van der Waals surface area contributed by atoms with Gasteiger partial charge in [0.05, 0.1) is 10.0 Å². The molecule has 0 spiro atoms. The molecule has 1 fully saturated rings. The monoisotopic (exact) mass is 458 g/mol. The molecule has 2 aromatic rings. The number of thiophene rings is 1. The molecule has 1 N–H and O–H groups in total. The molecule has 2 atom stereocenters. The van der Waals surface area contributed by atoms with E-state index in [1.165, 1.54) is 54.8 Å². The molecule has 2 nitrogen and oxygen atoms in total. The molecule has 28 heavy (non-hydrogen) atoms. The summed E-state index contributed by atoms with van der Waals surface area (Å²) in [5.41, 5.74) is 2.78. The van der Waals surface area contributed by atoms with Crippen LogP contribution < -0.4 is 5.32 Å². The molecule has 2 heterocycles. The Hall–Kier alpha value is -0.290. The van der Waals surface area contributed by atoms with E-state index in [1.807, 2.05) is 23.5 Å². The van der Waals surface area contributed by atoms with Gasteiger partial charge in [-0.25, -0.2) is 0 Å². The van der Waals surface area contributed by atoms with E-state index in [0.717, 1.165) is 18.9 Å². The van der Waals surface area contributed by atoms with E-state index >= 15 is 0 Å². The van der Waals surface area contributed by atoms with Gasteiger partial charge in [0.2, 0.25) is 0 Å². The van der Waals surface area contributed by atoms with Gasteiger partial charge in [-0.15, -0.1) is 23.7 Å². The average Bonchev–Trinajstić information content (AvgIpc) is 3.16. The number of likely N-dealkylation sites (tertiary alicyclic amines) is 1. The van der Waals surface area contributed by atoms with E-state index in [0.29, 0.717) is 22.0 Å². The Balaban J connectivity index is 0.00000225. The SMILES string of the molecule is CN1CCC(CCNC2CCC(c3ccc(Cl)c(Cl)c3)c3sccc32)CC1.Cl. The second-order valence-corrected chi connectivity index (χ2v) is 9.85. The molecule has 0 saturated carbocycles. The Labute approximate surface area is 189 Å². The molecule has 1 aliphatic carbocycles. The highest BCUT2D eigenvalue weighted by molar-refractivity contribution is 7.10. The van der Waals surface area contributed by atoms with Gasteiger partial charge < -0.3 is 10.2 Å². The van der Waals surface area contributed by atoms with E-state index in [4.69, 9.17) is 23.2 Å². The summed E-state index contributed by atoms with van der Waals surface area (Å²) in [7, 11) is 2.24. The van der Waals surface area contributed by atoms with Gasteiger partial charge >= 0.3 is 0 Å². The summed E-state index contributed by atoms with van der Waals surface area (Å²) in [5.74, 6) is 1.34. The van der Waals surface area contributed by atoms with E-state index in [2.05, 4.69) is 34.8 Å². The smallest absolute Gasteiger partial charge is 0.0595 e. The minimum atomic E-state index is 0. The normalized spacial score (nSPS) is 23.2. The lowest BCUT2D eigenvalue weighted by Gasteiger charge is -2.32. The molecule has 1 aromatic carbocycles. The van der Waals surface area contributed by atoms with E-state index in [1.54, 1.807) is 0 Å². The number of nitrogens with one attached hydrogen (secondary N) is 1. The fraction of sp³-hybridized carbons (Fsp3) is 0.545. The third-order valence-corrected chi connectivity index (χ3v) is 8.08. The summed E-state index contributed by atoms with van der Waals surface area (Å²) in [6.45, 7) is 3.65. The summed E-state index contributed by atoms with van der Waals surface area (Å²) < 4.78 is 0. The first-order valence-electron chi connectivity index (χ1n) is 10.1. The predicted octanol–water partition coefficient (Wildman–Crippen LogP) is 6.77. The van der Waals surface area contributed by atoms with Gasteiger partial charge in [0, 0.05) is 16.8 Å². The summed E-state index contributed by atoms with van der Waals surface area (Å²) in [6, 6.07) is 8.92. The third-order valence-electron chi connectivity index (χ3n) is 6.29. The molecule has 0 bridgehead atoms. The first kappa shape index (κ1) is 22.4. The van der Waals surface area contributed by atoms with Crippen molar-refractivity contribution in [2.24, 2.45) is 5.92 Å². The van der Waals surface area contributed by atoms with Gasteiger partial charge in [0.1, 0.15) is 0 Å². The number of hydrogen-bond donors (Lipinski definition) is 1. The number of piperidine rings is 1. The number of halogens is 3. The molecular formula is C22H29Cl3N2S. The molecule has 0 amide bonds. The van der Waals surface area contributed by atoms with Gasteiger partial charge in [0.15, 0.2) is 0 Å². The van der Waals surface area contributed by atoms with Crippen LogP contribution in [0.5, 0.6) is 0 Å². The van der Waals surface area contributed by atoms with Gasteiger partial charge in [-0.1, -0.05) is 29.3 Å². The Bertz CT molecular complexity index is 771. The quantitative estimate of drug-likeness (QED) is 0.531. The van der Waals surface area contributed by atoms with Crippen molar-refractivity contribution in [1.29, 1.82) is 0 Å². The Morgan fingerprint density at radius 1 is 1.07 bits per heavy atom. The number of nitrogens with zero attached hydrogens (tertiary/aromatic N) is 1. The average molecular weight is 460 g/mol. The van der Waals surface area contributed by atoms with Crippen LogP contribution in [0, 0.1) is 5.92 Å². The lowest BCUT2D eigenvalue weighted by molar-refractivity contribution is 0.210. The topological polar surface area (TPSA) is 15.3 Å². The van der Waals surface area contributed by atoms with Crippen molar-refractivity contribution in [2.45, 2.75) is 44.1 Å². The lowest BCUT2D eigenvalue weighted by Crippen LogP contribution is -2.32. The molecule has 1 aliphatic heterocycles.